The van der Waals surface area contributed by atoms with Gasteiger partial charge in [0.1, 0.15) is 0 Å². The van der Waals surface area contributed by atoms with Gasteiger partial charge in [-0.05, 0) is 44.6 Å². The molecule has 4 N–H and O–H groups in total. The molecule has 0 aromatic heterocycles. The highest BCUT2D eigenvalue weighted by Crippen LogP contribution is 2.47. The molecule has 2 fully saturated rings. The van der Waals surface area contributed by atoms with Crippen molar-refractivity contribution in [3.05, 3.63) is 0 Å². The molecule has 4 unspecified atom stereocenters. The Morgan fingerprint density at radius 1 is 1.41 bits per heavy atom. The fraction of sp³-hybridized carbons (Fsp3) is 0.923. The van der Waals surface area contributed by atoms with Crippen LogP contribution in [0.1, 0.15) is 33.1 Å². The van der Waals surface area contributed by atoms with Crippen LogP contribution in [0.15, 0.2) is 0 Å². The highest BCUT2D eigenvalue weighted by atomic mass is 16.1. The van der Waals surface area contributed by atoms with Gasteiger partial charge in [0.2, 0.25) is 5.91 Å². The first-order chi connectivity index (χ1) is 8.13. The molecular weight excluding hydrogens is 214 g/mol. The predicted molar refractivity (Wildman–Crippen MR) is 68.4 cm³/mol. The Morgan fingerprint density at radius 2 is 2.12 bits per heavy atom. The molecular formula is C13H25N3O. The standard InChI is InChI=1S/C13H25N3O/c1-3-15-8(2)7-16-13(17)11-9-4-5-10(6-9)12(11)14/h8-12,15H,3-7,14H2,1-2H3,(H,16,17)/t8-,9?,10?,11?,12?/m1/s1. The van der Waals surface area contributed by atoms with Crippen LogP contribution < -0.4 is 16.4 Å². The molecule has 0 saturated heterocycles. The number of likely N-dealkylation sites (N-methyl/N-ethyl adjacent to an activating group) is 1. The number of rotatable bonds is 5. The number of nitrogens with one attached hydrogen (secondary N) is 2. The van der Waals surface area contributed by atoms with Gasteiger partial charge in [0.05, 0.1) is 5.92 Å². The first-order valence-corrected chi connectivity index (χ1v) is 6.90. The fourth-order valence-corrected chi connectivity index (χ4v) is 3.52. The molecule has 17 heavy (non-hydrogen) atoms. The van der Waals surface area contributed by atoms with Gasteiger partial charge in [-0.25, -0.2) is 0 Å². The molecule has 2 rings (SSSR count). The summed E-state index contributed by atoms with van der Waals surface area (Å²) in [6.45, 7) is 5.80. The van der Waals surface area contributed by atoms with E-state index in [0.717, 1.165) is 6.54 Å². The Morgan fingerprint density at radius 3 is 2.71 bits per heavy atom. The van der Waals surface area contributed by atoms with Gasteiger partial charge in [0.15, 0.2) is 0 Å². The molecule has 4 nitrogen and oxygen atoms in total. The SMILES string of the molecule is CCN[C@H](C)CNC(=O)C1C2CCC(C2)C1N. The van der Waals surface area contributed by atoms with E-state index in [0.29, 0.717) is 24.4 Å². The zero-order valence-corrected chi connectivity index (χ0v) is 10.9. The van der Waals surface area contributed by atoms with Gasteiger partial charge in [-0.15, -0.1) is 0 Å². The quantitative estimate of drug-likeness (QED) is 0.653. The second-order valence-corrected chi connectivity index (χ2v) is 5.64. The lowest BCUT2D eigenvalue weighted by atomic mass is 9.84. The van der Waals surface area contributed by atoms with Crippen LogP contribution in [0.25, 0.3) is 0 Å². The average molecular weight is 239 g/mol. The van der Waals surface area contributed by atoms with E-state index in [4.69, 9.17) is 5.73 Å². The van der Waals surface area contributed by atoms with Crippen molar-refractivity contribution in [3.8, 4) is 0 Å². The maximum absolute atomic E-state index is 12.1. The highest BCUT2D eigenvalue weighted by molar-refractivity contribution is 5.80. The summed E-state index contributed by atoms with van der Waals surface area (Å²) in [6, 6.07) is 0.432. The van der Waals surface area contributed by atoms with Crippen LogP contribution in [0.3, 0.4) is 0 Å². The van der Waals surface area contributed by atoms with Gasteiger partial charge in [0, 0.05) is 18.6 Å². The first-order valence-electron chi connectivity index (χ1n) is 6.90. The van der Waals surface area contributed by atoms with Crippen molar-refractivity contribution in [2.24, 2.45) is 23.5 Å². The summed E-state index contributed by atoms with van der Waals surface area (Å²) in [7, 11) is 0. The highest BCUT2D eigenvalue weighted by Gasteiger charge is 2.48. The number of hydrogen-bond acceptors (Lipinski definition) is 3. The van der Waals surface area contributed by atoms with E-state index >= 15 is 0 Å². The lowest BCUT2D eigenvalue weighted by Crippen LogP contribution is -2.48. The molecule has 1 amide bonds. The Balaban J connectivity index is 1.80. The van der Waals surface area contributed by atoms with E-state index in [1.54, 1.807) is 0 Å². The molecule has 2 bridgehead atoms. The van der Waals surface area contributed by atoms with E-state index in [1.165, 1.54) is 19.3 Å². The topological polar surface area (TPSA) is 67.1 Å². The number of fused-ring (bicyclic) bond motifs is 2. The van der Waals surface area contributed by atoms with Crippen LogP contribution in [0.5, 0.6) is 0 Å². The van der Waals surface area contributed by atoms with E-state index in [-0.39, 0.29) is 17.9 Å². The van der Waals surface area contributed by atoms with Crippen LogP contribution in [0.2, 0.25) is 0 Å². The molecule has 4 heteroatoms. The van der Waals surface area contributed by atoms with Crippen molar-refractivity contribution in [1.82, 2.24) is 10.6 Å². The summed E-state index contributed by atoms with van der Waals surface area (Å²) in [4.78, 5) is 12.1. The maximum atomic E-state index is 12.1. The van der Waals surface area contributed by atoms with E-state index in [2.05, 4.69) is 24.5 Å². The largest absolute Gasteiger partial charge is 0.354 e. The summed E-state index contributed by atoms with van der Waals surface area (Å²) in [5, 5.41) is 6.33. The van der Waals surface area contributed by atoms with Crippen molar-refractivity contribution >= 4 is 5.91 Å². The Labute approximate surface area is 104 Å². The van der Waals surface area contributed by atoms with Crippen LogP contribution in [-0.4, -0.2) is 31.1 Å². The third-order valence-corrected chi connectivity index (χ3v) is 4.42. The third kappa shape index (κ3) is 2.63. The zero-order chi connectivity index (χ0) is 12.4. The summed E-state index contributed by atoms with van der Waals surface area (Å²) in [5.41, 5.74) is 6.15. The van der Waals surface area contributed by atoms with Crippen LogP contribution in [0, 0.1) is 17.8 Å². The van der Waals surface area contributed by atoms with Crippen molar-refractivity contribution in [1.29, 1.82) is 0 Å². The molecule has 0 spiro atoms. The van der Waals surface area contributed by atoms with Crippen LogP contribution in [0.4, 0.5) is 0 Å². The zero-order valence-electron chi connectivity index (χ0n) is 10.9. The molecule has 2 aliphatic carbocycles. The number of hydrogen-bond donors (Lipinski definition) is 3. The van der Waals surface area contributed by atoms with Crippen molar-refractivity contribution < 1.29 is 4.79 Å². The Hall–Kier alpha value is -0.610. The molecule has 5 atom stereocenters. The van der Waals surface area contributed by atoms with Crippen molar-refractivity contribution in [2.45, 2.75) is 45.2 Å². The second kappa shape index (κ2) is 5.36. The summed E-state index contributed by atoms with van der Waals surface area (Å²) < 4.78 is 0. The molecule has 0 aromatic rings. The minimum Gasteiger partial charge on any atom is -0.354 e. The summed E-state index contributed by atoms with van der Waals surface area (Å²) in [5.74, 6) is 1.39. The van der Waals surface area contributed by atoms with Gasteiger partial charge in [-0.2, -0.15) is 0 Å². The van der Waals surface area contributed by atoms with Gasteiger partial charge in [-0.3, -0.25) is 4.79 Å². The fourth-order valence-electron chi connectivity index (χ4n) is 3.52. The van der Waals surface area contributed by atoms with Gasteiger partial charge in [-0.1, -0.05) is 6.92 Å². The maximum Gasteiger partial charge on any atom is 0.225 e. The van der Waals surface area contributed by atoms with Crippen molar-refractivity contribution in [3.63, 3.8) is 0 Å². The smallest absolute Gasteiger partial charge is 0.225 e. The minimum absolute atomic E-state index is 0.0718. The number of carbonyl (C=O) groups is 1. The molecule has 0 aromatic carbocycles. The lowest BCUT2D eigenvalue weighted by Gasteiger charge is -2.27. The van der Waals surface area contributed by atoms with E-state index in [9.17, 15) is 4.79 Å². The summed E-state index contributed by atoms with van der Waals surface area (Å²) in [6.07, 6.45) is 3.59. The molecule has 2 saturated carbocycles. The summed E-state index contributed by atoms with van der Waals surface area (Å²) >= 11 is 0. The number of amides is 1. The minimum atomic E-state index is 0.0718. The third-order valence-electron chi connectivity index (χ3n) is 4.42. The average Bonchev–Trinajstić information content (AvgIpc) is 2.86. The van der Waals surface area contributed by atoms with Crippen LogP contribution >= 0.6 is 0 Å². The monoisotopic (exact) mass is 239 g/mol. The number of carbonyl (C=O) groups excluding carboxylic acids is 1. The Kier molecular flexibility index (Phi) is 4.05. The van der Waals surface area contributed by atoms with Gasteiger partial charge in [0.25, 0.3) is 0 Å². The van der Waals surface area contributed by atoms with Crippen LogP contribution in [-0.2, 0) is 4.79 Å². The molecule has 2 aliphatic rings. The lowest BCUT2D eigenvalue weighted by molar-refractivity contribution is -0.127. The first kappa shape index (κ1) is 12.8. The second-order valence-electron chi connectivity index (χ2n) is 5.64. The Bertz CT molecular complexity index is 280. The van der Waals surface area contributed by atoms with Gasteiger partial charge >= 0.3 is 0 Å². The normalized spacial score (nSPS) is 37.1. The molecule has 0 heterocycles. The van der Waals surface area contributed by atoms with E-state index < -0.39 is 0 Å². The molecule has 0 aliphatic heterocycles. The number of nitrogens with two attached hydrogens (primary N) is 1. The van der Waals surface area contributed by atoms with Gasteiger partial charge < -0.3 is 16.4 Å². The predicted octanol–water partition coefficient (Wildman–Crippen LogP) is 0.474. The van der Waals surface area contributed by atoms with Crippen molar-refractivity contribution in [2.75, 3.05) is 13.1 Å². The van der Waals surface area contributed by atoms with E-state index in [1.807, 2.05) is 0 Å². The molecule has 98 valence electrons. The molecule has 0 radical (unpaired) electrons.